The Balaban J connectivity index is 2.27. The highest BCUT2D eigenvalue weighted by atomic mass is 32.2. The standard InChI is InChI=1S/C16H34N4O4S/c1-4-17-16(18-7-11-24-13-14-25(3,21)22)19-15-5-8-20(9-6-15)10-12-23-2/h15H,4-14H2,1-3H3,(H2,17,18,19). The summed E-state index contributed by atoms with van der Waals surface area (Å²) in [7, 11) is -1.23. The van der Waals surface area contributed by atoms with E-state index in [1.54, 1.807) is 7.11 Å². The normalized spacial score (nSPS) is 17.6. The highest BCUT2D eigenvalue weighted by Gasteiger charge is 2.19. The van der Waals surface area contributed by atoms with Crippen molar-refractivity contribution < 1.29 is 17.9 Å². The van der Waals surface area contributed by atoms with Gasteiger partial charge in [0.15, 0.2) is 5.96 Å². The highest BCUT2D eigenvalue weighted by molar-refractivity contribution is 7.90. The number of guanidine groups is 1. The predicted molar refractivity (Wildman–Crippen MR) is 101 cm³/mol. The van der Waals surface area contributed by atoms with Crippen LogP contribution in [0.25, 0.3) is 0 Å². The molecule has 8 nitrogen and oxygen atoms in total. The third-order valence-electron chi connectivity index (χ3n) is 3.99. The number of hydrogen-bond acceptors (Lipinski definition) is 6. The Bertz CT molecular complexity index is 477. The summed E-state index contributed by atoms with van der Waals surface area (Å²) in [6.45, 7) is 7.87. The summed E-state index contributed by atoms with van der Waals surface area (Å²) < 4.78 is 32.5. The van der Waals surface area contributed by atoms with Crippen LogP contribution in [0.3, 0.4) is 0 Å². The van der Waals surface area contributed by atoms with E-state index >= 15 is 0 Å². The summed E-state index contributed by atoms with van der Waals surface area (Å²) in [5.41, 5.74) is 0. The molecule has 1 rings (SSSR count). The van der Waals surface area contributed by atoms with Gasteiger partial charge in [-0.15, -0.1) is 0 Å². The first-order chi connectivity index (χ1) is 11.9. The topological polar surface area (TPSA) is 92.3 Å². The van der Waals surface area contributed by atoms with Crippen LogP contribution < -0.4 is 10.6 Å². The Labute approximate surface area is 152 Å². The minimum absolute atomic E-state index is 0.0523. The zero-order valence-electron chi connectivity index (χ0n) is 15.8. The van der Waals surface area contributed by atoms with Crippen LogP contribution in [-0.2, 0) is 19.3 Å². The summed E-state index contributed by atoms with van der Waals surface area (Å²) in [6, 6.07) is 0.419. The molecule has 0 amide bonds. The van der Waals surface area contributed by atoms with E-state index in [9.17, 15) is 8.42 Å². The third kappa shape index (κ3) is 11.4. The second-order valence-corrected chi connectivity index (χ2v) is 8.52. The molecule has 1 fully saturated rings. The number of likely N-dealkylation sites (tertiary alicyclic amines) is 1. The molecule has 2 N–H and O–H groups in total. The molecule has 9 heteroatoms. The zero-order valence-corrected chi connectivity index (χ0v) is 16.6. The minimum atomic E-state index is -2.96. The molecule has 0 atom stereocenters. The number of methoxy groups -OCH3 is 1. The number of aliphatic imine (C=N–C) groups is 1. The lowest BCUT2D eigenvalue weighted by atomic mass is 10.1. The molecular weight excluding hydrogens is 344 g/mol. The van der Waals surface area contributed by atoms with Gasteiger partial charge in [0, 0.05) is 45.6 Å². The number of sulfone groups is 1. The molecule has 25 heavy (non-hydrogen) atoms. The van der Waals surface area contributed by atoms with Gasteiger partial charge in [0.25, 0.3) is 0 Å². The predicted octanol–water partition coefficient (Wildman–Crippen LogP) is -0.286. The maximum Gasteiger partial charge on any atom is 0.191 e. The second kappa shape index (κ2) is 12.5. The van der Waals surface area contributed by atoms with Crippen LogP contribution in [-0.4, -0.2) is 97.0 Å². The van der Waals surface area contributed by atoms with E-state index in [1.807, 2.05) is 6.92 Å². The van der Waals surface area contributed by atoms with E-state index in [0.29, 0.717) is 19.2 Å². The Morgan fingerprint density at radius 3 is 2.56 bits per heavy atom. The average Bonchev–Trinajstić information content (AvgIpc) is 2.56. The van der Waals surface area contributed by atoms with Gasteiger partial charge in [0.1, 0.15) is 9.84 Å². The van der Waals surface area contributed by atoms with Gasteiger partial charge in [-0.3, -0.25) is 4.99 Å². The fourth-order valence-electron chi connectivity index (χ4n) is 2.57. The van der Waals surface area contributed by atoms with E-state index < -0.39 is 9.84 Å². The smallest absolute Gasteiger partial charge is 0.191 e. The Morgan fingerprint density at radius 2 is 1.96 bits per heavy atom. The number of nitrogens with zero attached hydrogens (tertiary/aromatic N) is 2. The SMILES string of the molecule is CCNC(=NCCOCCS(C)(=O)=O)NC1CCN(CCOC)CC1. The first-order valence-electron chi connectivity index (χ1n) is 8.96. The first kappa shape index (κ1) is 22.1. The second-order valence-electron chi connectivity index (χ2n) is 6.26. The fourth-order valence-corrected chi connectivity index (χ4v) is 2.99. The van der Waals surface area contributed by atoms with Gasteiger partial charge in [-0.05, 0) is 19.8 Å². The molecule has 148 valence electrons. The molecule has 0 aromatic rings. The summed E-state index contributed by atoms with van der Waals surface area (Å²) in [4.78, 5) is 6.91. The summed E-state index contributed by atoms with van der Waals surface area (Å²) in [5.74, 6) is 0.848. The molecule has 0 radical (unpaired) electrons. The first-order valence-corrected chi connectivity index (χ1v) is 11.0. The van der Waals surface area contributed by atoms with E-state index in [4.69, 9.17) is 9.47 Å². The van der Waals surface area contributed by atoms with E-state index in [2.05, 4.69) is 20.5 Å². The van der Waals surface area contributed by atoms with Crippen LogP contribution in [0.1, 0.15) is 19.8 Å². The summed E-state index contributed by atoms with van der Waals surface area (Å²) >= 11 is 0. The lowest BCUT2D eigenvalue weighted by molar-refractivity contribution is 0.128. The molecule has 1 saturated heterocycles. The molecular formula is C16H34N4O4S. The van der Waals surface area contributed by atoms with Crippen LogP contribution in [0.4, 0.5) is 0 Å². The summed E-state index contributed by atoms with van der Waals surface area (Å²) in [6.07, 6.45) is 3.38. The fraction of sp³-hybridized carbons (Fsp3) is 0.938. The van der Waals surface area contributed by atoms with Crippen molar-refractivity contribution in [2.45, 2.75) is 25.8 Å². The largest absolute Gasteiger partial charge is 0.383 e. The van der Waals surface area contributed by atoms with Crippen molar-refractivity contribution in [3.05, 3.63) is 0 Å². The lowest BCUT2D eigenvalue weighted by Crippen LogP contribution is -2.49. The highest BCUT2D eigenvalue weighted by Crippen LogP contribution is 2.09. The van der Waals surface area contributed by atoms with Gasteiger partial charge in [-0.1, -0.05) is 0 Å². The van der Waals surface area contributed by atoms with Crippen LogP contribution in [0, 0.1) is 0 Å². The quantitative estimate of drug-likeness (QED) is 0.290. The van der Waals surface area contributed by atoms with Crippen molar-refractivity contribution in [1.82, 2.24) is 15.5 Å². The Morgan fingerprint density at radius 1 is 1.24 bits per heavy atom. The van der Waals surface area contributed by atoms with Gasteiger partial charge in [0.05, 0.1) is 32.1 Å². The van der Waals surface area contributed by atoms with Crippen molar-refractivity contribution in [2.24, 2.45) is 4.99 Å². The third-order valence-corrected chi connectivity index (χ3v) is 4.90. The van der Waals surface area contributed by atoms with Crippen molar-refractivity contribution in [3.63, 3.8) is 0 Å². The average molecular weight is 379 g/mol. The minimum Gasteiger partial charge on any atom is -0.383 e. The number of ether oxygens (including phenoxy) is 2. The molecule has 1 aliphatic rings. The molecule has 0 spiro atoms. The van der Waals surface area contributed by atoms with Gasteiger partial charge in [0.2, 0.25) is 0 Å². The zero-order chi connectivity index (χ0) is 18.5. The van der Waals surface area contributed by atoms with Gasteiger partial charge >= 0.3 is 0 Å². The maximum atomic E-state index is 11.0. The van der Waals surface area contributed by atoms with E-state index in [-0.39, 0.29) is 12.4 Å². The van der Waals surface area contributed by atoms with Gasteiger partial charge < -0.3 is 25.0 Å². The maximum absolute atomic E-state index is 11.0. The van der Waals surface area contributed by atoms with Gasteiger partial charge in [-0.2, -0.15) is 0 Å². The number of nitrogens with one attached hydrogen (secondary N) is 2. The molecule has 0 bridgehead atoms. The van der Waals surface area contributed by atoms with Crippen molar-refractivity contribution >= 4 is 15.8 Å². The van der Waals surface area contributed by atoms with Crippen molar-refractivity contribution in [3.8, 4) is 0 Å². The van der Waals surface area contributed by atoms with Crippen LogP contribution in [0.5, 0.6) is 0 Å². The van der Waals surface area contributed by atoms with Crippen molar-refractivity contribution in [2.75, 3.05) is 71.7 Å². The molecule has 1 aliphatic heterocycles. The van der Waals surface area contributed by atoms with Crippen molar-refractivity contribution in [1.29, 1.82) is 0 Å². The number of piperidine rings is 1. The Kier molecular flexibility index (Phi) is 11.0. The molecule has 0 aromatic heterocycles. The molecule has 0 unspecified atom stereocenters. The molecule has 0 saturated carbocycles. The van der Waals surface area contributed by atoms with E-state index in [1.165, 1.54) is 6.26 Å². The molecule has 0 aliphatic carbocycles. The Hall–Kier alpha value is -0.900. The molecule has 0 aromatic carbocycles. The number of hydrogen-bond donors (Lipinski definition) is 2. The van der Waals surface area contributed by atoms with Crippen LogP contribution >= 0.6 is 0 Å². The number of rotatable bonds is 11. The van der Waals surface area contributed by atoms with E-state index in [0.717, 1.165) is 51.6 Å². The monoisotopic (exact) mass is 378 g/mol. The van der Waals surface area contributed by atoms with Crippen LogP contribution in [0.2, 0.25) is 0 Å². The van der Waals surface area contributed by atoms with Crippen LogP contribution in [0.15, 0.2) is 4.99 Å². The summed E-state index contributed by atoms with van der Waals surface area (Å²) in [5, 5.41) is 6.72. The lowest BCUT2D eigenvalue weighted by Gasteiger charge is -2.32. The van der Waals surface area contributed by atoms with Gasteiger partial charge in [-0.25, -0.2) is 8.42 Å². The molecule has 1 heterocycles.